The number of aromatic hydroxyl groups is 1. The van der Waals surface area contributed by atoms with Crippen LogP contribution in [0.1, 0.15) is 29.7 Å². The van der Waals surface area contributed by atoms with Gasteiger partial charge in [0.2, 0.25) is 0 Å². The molecule has 2 aromatic rings. The molecule has 0 fully saturated rings. The number of fused-ring (bicyclic) bond motifs is 1. The van der Waals surface area contributed by atoms with Gasteiger partial charge in [-0.2, -0.15) is 0 Å². The average Bonchev–Trinajstić information content (AvgIpc) is 2.54. The van der Waals surface area contributed by atoms with Gasteiger partial charge in [0.25, 0.3) is 0 Å². The summed E-state index contributed by atoms with van der Waals surface area (Å²) in [6.45, 7) is 2.00. The van der Waals surface area contributed by atoms with E-state index < -0.39 is 0 Å². The van der Waals surface area contributed by atoms with Gasteiger partial charge in [0.1, 0.15) is 17.6 Å². The Bertz CT molecular complexity index is 717. The fourth-order valence-corrected chi connectivity index (χ4v) is 2.59. The molecule has 0 spiro atoms. The van der Waals surface area contributed by atoms with Crippen LogP contribution in [0.2, 0.25) is 0 Å². The third-order valence-corrected chi connectivity index (χ3v) is 3.77. The molecule has 0 aliphatic carbocycles. The molecule has 1 heterocycles. The lowest BCUT2D eigenvalue weighted by Gasteiger charge is -2.26. The van der Waals surface area contributed by atoms with Crippen molar-refractivity contribution in [1.82, 2.24) is 0 Å². The summed E-state index contributed by atoms with van der Waals surface area (Å²) in [5.74, 6) is 2.39. The summed E-state index contributed by atoms with van der Waals surface area (Å²) in [5, 5.41) is 9.40. The van der Waals surface area contributed by atoms with Gasteiger partial charge in [0.15, 0.2) is 11.5 Å². The summed E-state index contributed by atoms with van der Waals surface area (Å²) in [6.07, 6.45) is 1.88. The number of benzene rings is 2. The van der Waals surface area contributed by atoms with Crippen LogP contribution in [0.15, 0.2) is 36.4 Å². The largest absolute Gasteiger partial charge is 0.508 e. The van der Waals surface area contributed by atoms with Gasteiger partial charge in [-0.25, -0.2) is 0 Å². The van der Waals surface area contributed by atoms with E-state index in [2.05, 4.69) is 0 Å². The molecular formula is C18H18O4. The molecule has 0 saturated carbocycles. The molecule has 1 atom stereocenters. The SMILES string of the molecule is COc1cc2c(cc1OC)C(C)OC(c1ccc(O)cc1)=C2. The molecule has 22 heavy (non-hydrogen) atoms. The van der Waals surface area contributed by atoms with Crippen molar-refractivity contribution in [3.63, 3.8) is 0 Å². The number of phenols is 1. The zero-order chi connectivity index (χ0) is 15.7. The highest BCUT2D eigenvalue weighted by Crippen LogP contribution is 2.41. The van der Waals surface area contributed by atoms with Gasteiger partial charge < -0.3 is 19.3 Å². The maximum absolute atomic E-state index is 9.40. The highest BCUT2D eigenvalue weighted by Gasteiger charge is 2.22. The minimum atomic E-state index is -0.0939. The van der Waals surface area contributed by atoms with Gasteiger partial charge in [-0.15, -0.1) is 0 Å². The molecule has 0 aromatic heterocycles. The maximum atomic E-state index is 9.40. The maximum Gasteiger partial charge on any atom is 0.161 e. The molecule has 114 valence electrons. The van der Waals surface area contributed by atoms with Crippen LogP contribution in [0, 0.1) is 0 Å². The Balaban J connectivity index is 2.08. The molecule has 0 saturated heterocycles. The average molecular weight is 298 g/mol. The van der Waals surface area contributed by atoms with Crippen molar-refractivity contribution >= 4 is 11.8 Å². The van der Waals surface area contributed by atoms with E-state index in [0.29, 0.717) is 11.5 Å². The minimum Gasteiger partial charge on any atom is -0.508 e. The summed E-state index contributed by atoms with van der Waals surface area (Å²) < 4.78 is 16.7. The van der Waals surface area contributed by atoms with Crippen molar-refractivity contribution < 1.29 is 19.3 Å². The number of hydrogen-bond acceptors (Lipinski definition) is 4. The second-order valence-corrected chi connectivity index (χ2v) is 5.15. The summed E-state index contributed by atoms with van der Waals surface area (Å²) >= 11 is 0. The van der Waals surface area contributed by atoms with E-state index in [1.165, 1.54) is 0 Å². The molecule has 4 heteroatoms. The summed E-state index contributed by atoms with van der Waals surface area (Å²) in [4.78, 5) is 0. The Kier molecular flexibility index (Phi) is 3.67. The van der Waals surface area contributed by atoms with E-state index in [-0.39, 0.29) is 11.9 Å². The van der Waals surface area contributed by atoms with Crippen molar-refractivity contribution in [3.8, 4) is 17.2 Å². The molecular weight excluding hydrogens is 280 g/mol. The molecule has 1 aliphatic rings. The van der Waals surface area contributed by atoms with Gasteiger partial charge in [0.05, 0.1) is 14.2 Å². The topological polar surface area (TPSA) is 47.9 Å². The lowest BCUT2D eigenvalue weighted by Crippen LogP contribution is -2.08. The fraction of sp³-hybridized carbons (Fsp3) is 0.222. The number of phenolic OH excluding ortho intramolecular Hbond substituents is 1. The number of hydrogen-bond donors (Lipinski definition) is 1. The first-order chi connectivity index (χ1) is 10.6. The Morgan fingerprint density at radius 1 is 1.00 bits per heavy atom. The van der Waals surface area contributed by atoms with Gasteiger partial charge in [-0.3, -0.25) is 0 Å². The Morgan fingerprint density at radius 3 is 2.27 bits per heavy atom. The van der Waals surface area contributed by atoms with E-state index in [1.54, 1.807) is 26.4 Å². The number of rotatable bonds is 3. The van der Waals surface area contributed by atoms with Crippen molar-refractivity contribution in [2.24, 2.45) is 0 Å². The van der Waals surface area contributed by atoms with E-state index in [1.807, 2.05) is 37.3 Å². The highest BCUT2D eigenvalue weighted by molar-refractivity contribution is 5.81. The van der Waals surface area contributed by atoms with Crippen molar-refractivity contribution in [1.29, 1.82) is 0 Å². The lowest BCUT2D eigenvalue weighted by atomic mass is 9.97. The predicted octanol–water partition coefficient (Wildman–Crippen LogP) is 4.00. The van der Waals surface area contributed by atoms with Gasteiger partial charge in [-0.05, 0) is 55.0 Å². The van der Waals surface area contributed by atoms with Crippen LogP contribution in [0.25, 0.3) is 11.8 Å². The van der Waals surface area contributed by atoms with Crippen LogP contribution in [0.5, 0.6) is 17.2 Å². The van der Waals surface area contributed by atoms with Crippen molar-refractivity contribution in [2.45, 2.75) is 13.0 Å². The smallest absolute Gasteiger partial charge is 0.161 e. The summed E-state index contributed by atoms with van der Waals surface area (Å²) in [5.41, 5.74) is 3.02. The van der Waals surface area contributed by atoms with E-state index in [9.17, 15) is 5.11 Å². The van der Waals surface area contributed by atoms with Crippen LogP contribution in [-0.2, 0) is 4.74 Å². The second kappa shape index (κ2) is 5.64. The minimum absolute atomic E-state index is 0.0939. The molecule has 0 amide bonds. The first-order valence-corrected chi connectivity index (χ1v) is 7.06. The van der Waals surface area contributed by atoms with E-state index >= 15 is 0 Å². The van der Waals surface area contributed by atoms with Gasteiger partial charge >= 0.3 is 0 Å². The van der Waals surface area contributed by atoms with E-state index in [4.69, 9.17) is 14.2 Å². The highest BCUT2D eigenvalue weighted by atomic mass is 16.5. The van der Waals surface area contributed by atoms with Crippen LogP contribution in [0.3, 0.4) is 0 Å². The molecule has 2 aromatic carbocycles. The van der Waals surface area contributed by atoms with Crippen LogP contribution in [0.4, 0.5) is 0 Å². The third kappa shape index (κ3) is 2.48. The first-order valence-electron chi connectivity index (χ1n) is 7.06. The Hall–Kier alpha value is -2.62. The summed E-state index contributed by atoms with van der Waals surface area (Å²) in [6, 6.07) is 10.9. The van der Waals surface area contributed by atoms with Crippen LogP contribution < -0.4 is 9.47 Å². The molecule has 0 radical (unpaired) electrons. The molecule has 1 N–H and O–H groups in total. The van der Waals surface area contributed by atoms with Crippen LogP contribution in [-0.4, -0.2) is 19.3 Å². The zero-order valence-corrected chi connectivity index (χ0v) is 12.8. The molecule has 1 unspecified atom stereocenters. The van der Waals surface area contributed by atoms with Crippen LogP contribution >= 0.6 is 0 Å². The quantitative estimate of drug-likeness (QED) is 0.930. The standard InChI is InChI=1S/C18H18O4/c1-11-15-10-18(21-3)17(20-2)9-13(15)8-16(22-11)12-4-6-14(19)7-5-12/h4-11,19H,1-3H3. The Labute approximate surface area is 129 Å². The number of methoxy groups -OCH3 is 2. The second-order valence-electron chi connectivity index (χ2n) is 5.15. The van der Waals surface area contributed by atoms with Crippen molar-refractivity contribution in [2.75, 3.05) is 14.2 Å². The Morgan fingerprint density at radius 2 is 1.64 bits per heavy atom. The lowest BCUT2D eigenvalue weighted by molar-refractivity contribution is 0.185. The third-order valence-electron chi connectivity index (χ3n) is 3.77. The number of ether oxygens (including phenoxy) is 3. The summed E-state index contributed by atoms with van der Waals surface area (Å²) in [7, 11) is 3.24. The molecule has 1 aliphatic heterocycles. The monoisotopic (exact) mass is 298 g/mol. The molecule has 4 nitrogen and oxygen atoms in total. The molecule has 0 bridgehead atoms. The van der Waals surface area contributed by atoms with Crippen molar-refractivity contribution in [3.05, 3.63) is 53.1 Å². The predicted molar refractivity (Wildman–Crippen MR) is 85.0 cm³/mol. The van der Waals surface area contributed by atoms with Gasteiger partial charge in [0, 0.05) is 11.1 Å². The molecule has 3 rings (SSSR count). The normalized spacial score (nSPS) is 16.3. The van der Waals surface area contributed by atoms with E-state index in [0.717, 1.165) is 22.4 Å². The first kappa shape index (κ1) is 14.3. The fourth-order valence-electron chi connectivity index (χ4n) is 2.59. The van der Waals surface area contributed by atoms with Gasteiger partial charge in [-0.1, -0.05) is 0 Å². The zero-order valence-electron chi connectivity index (χ0n) is 12.8.